The molecule has 1 atom stereocenters. The monoisotopic (exact) mass is 422 g/mol. The fraction of sp³-hybridized carbons (Fsp3) is 0.667. The Morgan fingerprint density at radius 2 is 2.10 bits per heavy atom. The van der Waals surface area contributed by atoms with Crippen molar-refractivity contribution in [3.63, 3.8) is 0 Å². The van der Waals surface area contributed by atoms with Crippen LogP contribution in [0.3, 0.4) is 0 Å². The largest absolute Gasteiger partial charge is 0.354 e. The van der Waals surface area contributed by atoms with Gasteiger partial charge >= 0.3 is 0 Å². The van der Waals surface area contributed by atoms with E-state index in [2.05, 4.69) is 27.2 Å². The van der Waals surface area contributed by atoms with Crippen LogP contribution in [-0.4, -0.2) is 52.4 Å². The van der Waals surface area contributed by atoms with Gasteiger partial charge in [0.15, 0.2) is 5.65 Å². The Labute approximate surface area is 184 Å². The van der Waals surface area contributed by atoms with Gasteiger partial charge in [-0.1, -0.05) is 26.2 Å². The second-order valence-electron chi connectivity index (χ2n) is 9.34. The molecule has 31 heavy (non-hydrogen) atoms. The van der Waals surface area contributed by atoms with E-state index in [4.69, 9.17) is 4.98 Å². The normalized spacial score (nSPS) is 23.2. The molecule has 2 aliphatic heterocycles. The minimum Gasteiger partial charge on any atom is -0.354 e. The van der Waals surface area contributed by atoms with Crippen molar-refractivity contribution in [2.75, 3.05) is 31.1 Å². The number of unbranched alkanes of at least 4 members (excludes halogenated alkanes) is 2. The maximum absolute atomic E-state index is 12.9. The number of aromatic nitrogens is 3. The van der Waals surface area contributed by atoms with Crippen LogP contribution in [0, 0.1) is 11.8 Å². The Morgan fingerprint density at radius 1 is 1.23 bits per heavy atom. The van der Waals surface area contributed by atoms with Gasteiger partial charge in [0.1, 0.15) is 5.82 Å². The number of carbonyl (C=O) groups is 1. The molecule has 1 unspecified atom stereocenters. The number of rotatable bonds is 6. The van der Waals surface area contributed by atoms with E-state index in [-0.39, 0.29) is 11.8 Å². The molecule has 1 amide bonds. The Balaban J connectivity index is 1.30. The molecule has 1 N–H and O–H groups in total. The third-order valence-electron chi connectivity index (χ3n) is 7.18. The van der Waals surface area contributed by atoms with Gasteiger partial charge < -0.3 is 10.2 Å². The van der Waals surface area contributed by atoms with E-state index in [1.54, 1.807) is 0 Å². The molecule has 5 rings (SSSR count). The van der Waals surface area contributed by atoms with Crippen molar-refractivity contribution in [1.82, 2.24) is 19.9 Å². The summed E-state index contributed by atoms with van der Waals surface area (Å²) in [5, 5.41) is 8.01. The Hall–Kier alpha value is -2.28. The Bertz CT molecular complexity index is 974. The lowest BCUT2D eigenvalue weighted by Gasteiger charge is -2.40. The average Bonchev–Trinajstić information content (AvgIpc) is 3.30. The molecule has 0 spiro atoms. The van der Waals surface area contributed by atoms with Crippen LogP contribution >= 0.6 is 0 Å². The lowest BCUT2D eigenvalue weighted by Crippen LogP contribution is -2.51. The summed E-state index contributed by atoms with van der Waals surface area (Å²) in [5.74, 6) is 1.76. The quantitative estimate of drug-likeness (QED) is 0.724. The van der Waals surface area contributed by atoms with E-state index in [0.29, 0.717) is 5.92 Å². The predicted octanol–water partition coefficient (Wildman–Crippen LogP) is 3.20. The molecule has 166 valence electrons. The molecule has 2 fully saturated rings. The first-order valence-corrected chi connectivity index (χ1v) is 12.2. The number of nitrogens with zero attached hydrogens (tertiary/aromatic N) is 5. The van der Waals surface area contributed by atoms with Gasteiger partial charge in [-0.15, -0.1) is 0 Å². The first-order valence-electron chi connectivity index (χ1n) is 12.2. The van der Waals surface area contributed by atoms with Gasteiger partial charge in [-0.2, -0.15) is 9.61 Å². The van der Waals surface area contributed by atoms with E-state index in [1.807, 2.05) is 16.8 Å². The highest BCUT2D eigenvalue weighted by atomic mass is 16.1. The molecule has 3 aliphatic rings. The summed E-state index contributed by atoms with van der Waals surface area (Å²) < 4.78 is 1.96. The van der Waals surface area contributed by atoms with Gasteiger partial charge in [-0.25, -0.2) is 9.98 Å². The molecular weight excluding hydrogens is 388 g/mol. The molecule has 2 aromatic heterocycles. The number of hydrogen-bond acceptors (Lipinski definition) is 5. The van der Waals surface area contributed by atoms with E-state index >= 15 is 0 Å². The van der Waals surface area contributed by atoms with Crippen molar-refractivity contribution < 1.29 is 4.79 Å². The third-order valence-corrected chi connectivity index (χ3v) is 7.18. The van der Waals surface area contributed by atoms with Gasteiger partial charge in [-0.05, 0) is 44.6 Å². The molecule has 4 heterocycles. The van der Waals surface area contributed by atoms with Crippen LogP contribution in [0.25, 0.3) is 5.65 Å². The number of fused-ring (bicyclic) bond motifs is 2. The third kappa shape index (κ3) is 4.12. The first kappa shape index (κ1) is 20.6. The number of hydrogen-bond donors (Lipinski definition) is 1. The van der Waals surface area contributed by atoms with E-state index in [9.17, 15) is 4.79 Å². The lowest BCUT2D eigenvalue weighted by atomic mass is 9.96. The van der Waals surface area contributed by atoms with Crippen LogP contribution in [0.4, 0.5) is 5.82 Å². The summed E-state index contributed by atoms with van der Waals surface area (Å²) in [7, 11) is 0. The zero-order chi connectivity index (χ0) is 21.2. The SMILES string of the molecule is CCCCCC1CCC/C1=N\C(=O)C1CN(c2c3c(nc4ccnn24)CCNCC3)C1. The molecule has 0 bridgehead atoms. The summed E-state index contributed by atoms with van der Waals surface area (Å²) in [6.45, 7) is 5.62. The maximum Gasteiger partial charge on any atom is 0.252 e. The average molecular weight is 423 g/mol. The molecule has 1 aliphatic carbocycles. The van der Waals surface area contributed by atoms with Crippen LogP contribution in [-0.2, 0) is 17.6 Å². The molecule has 0 aromatic carbocycles. The highest BCUT2D eigenvalue weighted by molar-refractivity contribution is 5.99. The Morgan fingerprint density at radius 3 is 2.97 bits per heavy atom. The number of aliphatic imine (C=N–C) groups is 1. The van der Waals surface area contributed by atoms with Gasteiger partial charge in [0.05, 0.1) is 17.8 Å². The minimum absolute atomic E-state index is 0.00252. The summed E-state index contributed by atoms with van der Waals surface area (Å²) >= 11 is 0. The fourth-order valence-electron chi connectivity index (χ4n) is 5.38. The zero-order valence-corrected chi connectivity index (χ0v) is 18.6. The zero-order valence-electron chi connectivity index (χ0n) is 18.6. The molecule has 7 nitrogen and oxygen atoms in total. The molecule has 0 radical (unpaired) electrons. The number of amides is 1. The molecular formula is C24H34N6O. The van der Waals surface area contributed by atoms with Crippen molar-refractivity contribution in [3.8, 4) is 0 Å². The highest BCUT2D eigenvalue weighted by Gasteiger charge is 2.37. The molecule has 7 heteroatoms. The molecule has 1 saturated heterocycles. The second kappa shape index (κ2) is 9.07. The van der Waals surface area contributed by atoms with E-state index in [1.165, 1.54) is 55.5 Å². The van der Waals surface area contributed by atoms with Crippen molar-refractivity contribution >= 4 is 23.1 Å². The first-order chi connectivity index (χ1) is 15.2. The van der Waals surface area contributed by atoms with Crippen molar-refractivity contribution in [2.45, 2.75) is 64.7 Å². The summed E-state index contributed by atoms with van der Waals surface area (Å²) in [5.41, 5.74) is 4.53. The number of anilines is 1. The van der Waals surface area contributed by atoms with Crippen LogP contribution < -0.4 is 10.2 Å². The fourth-order valence-corrected chi connectivity index (χ4v) is 5.38. The predicted molar refractivity (Wildman–Crippen MR) is 123 cm³/mol. The maximum atomic E-state index is 12.9. The summed E-state index contributed by atoms with van der Waals surface area (Å²) in [6, 6.07) is 1.97. The van der Waals surface area contributed by atoms with Crippen molar-refractivity contribution in [2.24, 2.45) is 16.8 Å². The molecule has 2 aromatic rings. The van der Waals surface area contributed by atoms with Crippen LogP contribution in [0.1, 0.15) is 63.1 Å². The van der Waals surface area contributed by atoms with Crippen LogP contribution in [0.15, 0.2) is 17.3 Å². The van der Waals surface area contributed by atoms with Crippen LogP contribution in [0.5, 0.6) is 0 Å². The van der Waals surface area contributed by atoms with Crippen LogP contribution in [0.2, 0.25) is 0 Å². The standard InChI is InChI=1S/C24H34N6O/c1-2-3-4-6-17-7-5-8-20(17)28-23(31)18-15-29(16-18)24-19-9-12-25-13-10-21(19)27-22-11-14-26-30(22)24/h11,14,17-18,25H,2-10,12-13,15-16H2,1H3/b28-20+. The van der Waals surface area contributed by atoms with Crippen molar-refractivity contribution in [3.05, 3.63) is 23.5 Å². The molecule has 1 saturated carbocycles. The summed E-state index contributed by atoms with van der Waals surface area (Å²) in [4.78, 5) is 24.7. The second-order valence-corrected chi connectivity index (χ2v) is 9.34. The van der Waals surface area contributed by atoms with Gasteiger partial charge in [0.2, 0.25) is 0 Å². The Kier molecular flexibility index (Phi) is 6.03. The summed E-state index contributed by atoms with van der Waals surface area (Å²) in [6.07, 6.45) is 12.1. The highest BCUT2D eigenvalue weighted by Crippen LogP contribution is 2.33. The van der Waals surface area contributed by atoms with Gasteiger partial charge in [0, 0.05) is 43.4 Å². The topological polar surface area (TPSA) is 74.9 Å². The number of carbonyl (C=O) groups excluding carboxylic acids is 1. The van der Waals surface area contributed by atoms with Crippen molar-refractivity contribution in [1.29, 1.82) is 0 Å². The smallest absolute Gasteiger partial charge is 0.252 e. The minimum atomic E-state index is 0.00252. The van der Waals surface area contributed by atoms with Gasteiger partial charge in [0.25, 0.3) is 5.91 Å². The van der Waals surface area contributed by atoms with E-state index < -0.39 is 0 Å². The number of nitrogens with one attached hydrogen (secondary N) is 1. The van der Waals surface area contributed by atoms with E-state index in [0.717, 1.165) is 56.9 Å². The lowest BCUT2D eigenvalue weighted by molar-refractivity contribution is -0.122. The van der Waals surface area contributed by atoms with Gasteiger partial charge in [-0.3, -0.25) is 4.79 Å².